The Kier molecular flexibility index (Phi) is 3.98. The number of carbonyl (C=O) groups excluding carboxylic acids is 1. The van der Waals surface area contributed by atoms with Gasteiger partial charge in [-0.25, -0.2) is 0 Å². The number of hydrogen-bond acceptors (Lipinski definition) is 4. The number of aromatic amines is 1. The van der Waals surface area contributed by atoms with Crippen molar-refractivity contribution in [3.05, 3.63) is 52.3 Å². The van der Waals surface area contributed by atoms with Crippen LogP contribution in [0.3, 0.4) is 0 Å². The molecule has 5 heteroatoms. The number of benzene rings is 1. The summed E-state index contributed by atoms with van der Waals surface area (Å²) in [4.78, 5) is 28.7. The Morgan fingerprint density at radius 3 is 2.79 bits per heavy atom. The summed E-state index contributed by atoms with van der Waals surface area (Å²) in [5, 5.41) is 10.3. The minimum atomic E-state index is -0.379. The van der Waals surface area contributed by atoms with E-state index in [1.54, 1.807) is 0 Å². The molecule has 0 amide bonds. The molecule has 0 unspecified atom stereocenters. The highest BCUT2D eigenvalue weighted by atomic mass is 16.1. The fourth-order valence-corrected chi connectivity index (χ4v) is 3.35. The zero-order chi connectivity index (χ0) is 17.4. The Hall–Kier alpha value is -2.87. The second kappa shape index (κ2) is 5.97. The van der Waals surface area contributed by atoms with E-state index < -0.39 is 0 Å². The Labute approximate surface area is 140 Å². The van der Waals surface area contributed by atoms with Gasteiger partial charge in [0, 0.05) is 24.4 Å². The number of nitrogens with one attached hydrogen (secondary N) is 1. The minimum absolute atomic E-state index is 0.00371. The Morgan fingerprint density at radius 2 is 2.17 bits per heavy atom. The van der Waals surface area contributed by atoms with E-state index in [1.165, 1.54) is 6.08 Å². The Bertz CT molecular complexity index is 930. The van der Waals surface area contributed by atoms with Gasteiger partial charge in [0.2, 0.25) is 0 Å². The number of aryl methyl sites for hydroxylation is 1. The summed E-state index contributed by atoms with van der Waals surface area (Å²) in [6.07, 6.45) is 2.80. The van der Waals surface area contributed by atoms with Gasteiger partial charge in [0.15, 0.2) is 5.78 Å². The number of carbonyl (C=O) groups is 1. The number of pyridine rings is 1. The van der Waals surface area contributed by atoms with Crippen LogP contribution in [0.1, 0.15) is 24.0 Å². The molecule has 0 aliphatic heterocycles. The number of hydrogen-bond donors (Lipinski definition) is 1. The highest BCUT2D eigenvalue weighted by molar-refractivity contribution is 5.95. The molecule has 1 saturated carbocycles. The second-order valence-corrected chi connectivity index (χ2v) is 6.38. The third kappa shape index (κ3) is 2.50. The first-order chi connectivity index (χ1) is 11.5. The van der Waals surface area contributed by atoms with Crippen LogP contribution in [0.25, 0.3) is 10.9 Å². The van der Waals surface area contributed by atoms with Crippen LogP contribution in [0.2, 0.25) is 0 Å². The summed E-state index contributed by atoms with van der Waals surface area (Å²) >= 11 is 0. The van der Waals surface area contributed by atoms with Crippen LogP contribution in [0.4, 0.5) is 5.69 Å². The van der Waals surface area contributed by atoms with E-state index in [-0.39, 0.29) is 28.9 Å². The van der Waals surface area contributed by atoms with Crippen LogP contribution in [0.5, 0.6) is 0 Å². The molecule has 0 atom stereocenters. The fourth-order valence-electron chi connectivity index (χ4n) is 3.35. The minimum Gasteiger partial charge on any atom is -0.370 e. The van der Waals surface area contributed by atoms with E-state index >= 15 is 0 Å². The molecule has 5 nitrogen and oxygen atoms in total. The standard InChI is InChI=1S/C19H19N3O2/c1-4-17(23)12-8-13(9-12)22(3)18-14-6-5-11(2)7-16(14)21-19(24)15(18)10-20/h4-7,12-13H,1,8-9H2,2-3H3,(H,21,24). The van der Waals surface area contributed by atoms with E-state index in [9.17, 15) is 14.9 Å². The predicted octanol–water partition coefficient (Wildman–Crippen LogP) is 2.68. The van der Waals surface area contributed by atoms with Crippen LogP contribution in [0.15, 0.2) is 35.6 Å². The first kappa shape index (κ1) is 16.0. The molecule has 0 bridgehead atoms. The van der Waals surface area contributed by atoms with Crippen molar-refractivity contribution in [2.75, 3.05) is 11.9 Å². The first-order valence-corrected chi connectivity index (χ1v) is 7.92. The Morgan fingerprint density at radius 1 is 1.46 bits per heavy atom. The maximum Gasteiger partial charge on any atom is 0.268 e. The maximum atomic E-state index is 12.3. The van der Waals surface area contributed by atoms with Crippen molar-refractivity contribution in [1.29, 1.82) is 5.26 Å². The number of anilines is 1. The third-order valence-corrected chi connectivity index (χ3v) is 4.87. The molecule has 0 saturated heterocycles. The van der Waals surface area contributed by atoms with Gasteiger partial charge in [0.1, 0.15) is 11.6 Å². The molecule has 1 aromatic heterocycles. The molecule has 0 spiro atoms. The number of H-pyrrole nitrogens is 1. The van der Waals surface area contributed by atoms with Crippen LogP contribution in [-0.4, -0.2) is 23.9 Å². The maximum absolute atomic E-state index is 12.3. The molecule has 1 aliphatic carbocycles. The van der Waals surface area contributed by atoms with E-state index in [0.29, 0.717) is 18.5 Å². The number of rotatable bonds is 4. The lowest BCUT2D eigenvalue weighted by Crippen LogP contribution is -2.45. The molecule has 24 heavy (non-hydrogen) atoms. The fraction of sp³-hybridized carbons (Fsp3) is 0.316. The molecular formula is C19H19N3O2. The van der Waals surface area contributed by atoms with Gasteiger partial charge in [-0.15, -0.1) is 0 Å². The highest BCUT2D eigenvalue weighted by Gasteiger charge is 2.36. The monoisotopic (exact) mass is 321 g/mol. The molecule has 1 aliphatic rings. The molecule has 3 rings (SSSR count). The largest absolute Gasteiger partial charge is 0.370 e. The van der Waals surface area contributed by atoms with Crippen LogP contribution >= 0.6 is 0 Å². The van der Waals surface area contributed by atoms with E-state index in [2.05, 4.69) is 11.6 Å². The van der Waals surface area contributed by atoms with E-state index in [1.807, 2.05) is 43.1 Å². The molecule has 122 valence electrons. The summed E-state index contributed by atoms with van der Waals surface area (Å²) in [6, 6.07) is 7.96. The second-order valence-electron chi connectivity index (χ2n) is 6.38. The first-order valence-electron chi connectivity index (χ1n) is 7.92. The number of fused-ring (bicyclic) bond motifs is 1. The molecule has 1 N–H and O–H groups in total. The Balaban J connectivity index is 2.05. The number of ketones is 1. The van der Waals surface area contributed by atoms with Gasteiger partial charge in [-0.3, -0.25) is 9.59 Å². The van der Waals surface area contributed by atoms with Crippen molar-refractivity contribution < 1.29 is 4.79 Å². The summed E-state index contributed by atoms with van der Waals surface area (Å²) in [7, 11) is 1.88. The van der Waals surface area contributed by atoms with Gasteiger partial charge in [0.05, 0.1) is 11.2 Å². The molecule has 1 heterocycles. The van der Waals surface area contributed by atoms with E-state index in [4.69, 9.17) is 0 Å². The van der Waals surface area contributed by atoms with Crippen LogP contribution < -0.4 is 10.5 Å². The van der Waals surface area contributed by atoms with Crippen molar-refractivity contribution in [2.24, 2.45) is 5.92 Å². The van der Waals surface area contributed by atoms with Gasteiger partial charge in [-0.1, -0.05) is 18.7 Å². The lowest BCUT2D eigenvalue weighted by molar-refractivity contribution is -0.120. The summed E-state index contributed by atoms with van der Waals surface area (Å²) in [5.41, 5.74) is 2.14. The van der Waals surface area contributed by atoms with Crippen LogP contribution in [0, 0.1) is 24.2 Å². The predicted molar refractivity (Wildman–Crippen MR) is 94.1 cm³/mol. The van der Waals surface area contributed by atoms with Crippen molar-refractivity contribution >= 4 is 22.4 Å². The quantitative estimate of drug-likeness (QED) is 0.878. The van der Waals surface area contributed by atoms with Crippen molar-refractivity contribution in [2.45, 2.75) is 25.8 Å². The average Bonchev–Trinajstić information content (AvgIpc) is 2.51. The normalized spacial score (nSPS) is 19.4. The molecule has 1 fully saturated rings. The van der Waals surface area contributed by atoms with Crippen molar-refractivity contribution in [3.63, 3.8) is 0 Å². The number of aromatic nitrogens is 1. The highest BCUT2D eigenvalue weighted by Crippen LogP contribution is 2.37. The SMILES string of the molecule is C=CC(=O)C1CC(N(C)c2c(C#N)c(=O)[nH]c3cc(C)ccc23)C1. The smallest absolute Gasteiger partial charge is 0.268 e. The van der Waals surface area contributed by atoms with Gasteiger partial charge < -0.3 is 9.88 Å². The summed E-state index contributed by atoms with van der Waals surface area (Å²) < 4.78 is 0. The number of nitriles is 1. The van der Waals surface area contributed by atoms with Gasteiger partial charge >= 0.3 is 0 Å². The molecule has 1 aromatic carbocycles. The van der Waals surface area contributed by atoms with Gasteiger partial charge in [-0.05, 0) is 37.5 Å². The average molecular weight is 321 g/mol. The molecular weight excluding hydrogens is 302 g/mol. The summed E-state index contributed by atoms with van der Waals surface area (Å²) in [6.45, 7) is 5.48. The number of nitrogens with zero attached hydrogens (tertiary/aromatic N) is 2. The lowest BCUT2D eigenvalue weighted by atomic mass is 9.76. The van der Waals surface area contributed by atoms with Crippen molar-refractivity contribution in [3.8, 4) is 6.07 Å². The van der Waals surface area contributed by atoms with Gasteiger partial charge in [-0.2, -0.15) is 5.26 Å². The zero-order valence-corrected chi connectivity index (χ0v) is 13.8. The number of allylic oxidation sites excluding steroid dienone is 1. The topological polar surface area (TPSA) is 77.0 Å². The lowest BCUT2D eigenvalue weighted by Gasteiger charge is -2.41. The molecule has 2 aromatic rings. The van der Waals surface area contributed by atoms with Crippen molar-refractivity contribution in [1.82, 2.24) is 4.98 Å². The zero-order valence-electron chi connectivity index (χ0n) is 13.8. The summed E-state index contributed by atoms with van der Waals surface area (Å²) in [5.74, 6) is 0.0579. The van der Waals surface area contributed by atoms with E-state index in [0.717, 1.165) is 16.5 Å². The molecule has 0 radical (unpaired) electrons. The van der Waals surface area contributed by atoms with Crippen LogP contribution in [-0.2, 0) is 4.79 Å². The third-order valence-electron chi connectivity index (χ3n) is 4.87. The van der Waals surface area contributed by atoms with Gasteiger partial charge in [0.25, 0.3) is 5.56 Å².